The highest BCUT2D eigenvalue weighted by Crippen LogP contribution is 2.38. The van der Waals surface area contributed by atoms with Crippen molar-refractivity contribution in [2.24, 2.45) is 5.92 Å². The molecule has 0 amide bonds. The number of hydrogen-bond acceptors (Lipinski definition) is 2. The van der Waals surface area contributed by atoms with Crippen LogP contribution >= 0.6 is 0 Å². The molecule has 0 N–H and O–H groups in total. The minimum absolute atomic E-state index is 0.0667. The van der Waals surface area contributed by atoms with Crippen LogP contribution < -0.4 is 0 Å². The Morgan fingerprint density at radius 3 is 1.87 bits per heavy atom. The van der Waals surface area contributed by atoms with Crippen molar-refractivity contribution in [3.05, 3.63) is 59.7 Å². The molecule has 2 aromatic rings. The van der Waals surface area contributed by atoms with Crippen LogP contribution in [0.1, 0.15) is 94.8 Å². The van der Waals surface area contributed by atoms with Gasteiger partial charge in [0.15, 0.2) is 0 Å². The lowest BCUT2D eigenvalue weighted by Crippen LogP contribution is -2.30. The van der Waals surface area contributed by atoms with Crippen LogP contribution in [-0.4, -0.2) is 19.3 Å². The van der Waals surface area contributed by atoms with Gasteiger partial charge in [0, 0.05) is 0 Å². The lowest BCUT2D eigenvalue weighted by atomic mass is 9.77. The molecule has 2 fully saturated rings. The molecule has 1 saturated heterocycles. The van der Waals surface area contributed by atoms with E-state index in [1.165, 1.54) is 67.2 Å². The molecular formula is C29H40O2. The molecule has 1 heterocycles. The van der Waals surface area contributed by atoms with Gasteiger partial charge in [0.2, 0.25) is 0 Å². The third-order valence-electron chi connectivity index (χ3n) is 7.39. The quantitative estimate of drug-likeness (QED) is 0.430. The van der Waals surface area contributed by atoms with E-state index in [-0.39, 0.29) is 12.2 Å². The summed E-state index contributed by atoms with van der Waals surface area (Å²) in [7, 11) is 0. The first-order valence-electron chi connectivity index (χ1n) is 12.7. The number of benzene rings is 2. The largest absolute Gasteiger partial charge is 0.373 e. The molecule has 0 aromatic heterocycles. The van der Waals surface area contributed by atoms with Crippen molar-refractivity contribution in [2.45, 2.75) is 89.8 Å². The molecule has 1 aliphatic heterocycles. The fraction of sp³-hybridized carbons (Fsp3) is 0.586. The third-order valence-corrected chi connectivity index (χ3v) is 7.39. The van der Waals surface area contributed by atoms with Crippen molar-refractivity contribution in [3.63, 3.8) is 0 Å². The second-order valence-electron chi connectivity index (χ2n) is 9.67. The van der Waals surface area contributed by atoms with E-state index >= 15 is 0 Å². The summed E-state index contributed by atoms with van der Waals surface area (Å²) in [6.07, 6.45) is 12.3. The van der Waals surface area contributed by atoms with Crippen molar-refractivity contribution in [2.75, 3.05) is 13.2 Å². The highest BCUT2D eigenvalue weighted by Gasteiger charge is 2.23. The van der Waals surface area contributed by atoms with Gasteiger partial charge in [0.25, 0.3) is 0 Å². The molecular weight excluding hydrogens is 380 g/mol. The Labute approximate surface area is 189 Å². The van der Waals surface area contributed by atoms with Gasteiger partial charge in [-0.2, -0.15) is 0 Å². The minimum Gasteiger partial charge on any atom is -0.373 e. The van der Waals surface area contributed by atoms with Crippen molar-refractivity contribution in [3.8, 4) is 11.1 Å². The predicted octanol–water partition coefficient (Wildman–Crippen LogP) is 8.07. The van der Waals surface area contributed by atoms with Crippen molar-refractivity contribution in [1.29, 1.82) is 0 Å². The zero-order valence-corrected chi connectivity index (χ0v) is 19.5. The number of ether oxygens (including phenoxy) is 2. The monoisotopic (exact) mass is 420 g/mol. The second kappa shape index (κ2) is 11.3. The third kappa shape index (κ3) is 5.99. The summed E-state index contributed by atoms with van der Waals surface area (Å²) in [6, 6.07) is 18.2. The summed E-state index contributed by atoms with van der Waals surface area (Å²) < 4.78 is 12.0. The molecule has 2 nitrogen and oxygen atoms in total. The molecule has 0 radical (unpaired) electrons. The molecule has 0 unspecified atom stereocenters. The smallest absolute Gasteiger partial charge is 0.106 e. The summed E-state index contributed by atoms with van der Waals surface area (Å²) in [6.45, 7) is 5.88. The Bertz CT molecular complexity index is 763. The highest BCUT2D eigenvalue weighted by molar-refractivity contribution is 5.64. The van der Waals surface area contributed by atoms with Crippen LogP contribution in [0, 0.1) is 5.92 Å². The fourth-order valence-electron chi connectivity index (χ4n) is 5.34. The van der Waals surface area contributed by atoms with E-state index in [9.17, 15) is 0 Å². The van der Waals surface area contributed by atoms with Crippen LogP contribution in [-0.2, 0) is 9.47 Å². The molecule has 31 heavy (non-hydrogen) atoms. The van der Waals surface area contributed by atoms with Gasteiger partial charge in [0.05, 0.1) is 19.3 Å². The molecule has 2 aromatic carbocycles. The lowest BCUT2D eigenvalue weighted by Gasteiger charge is -2.29. The van der Waals surface area contributed by atoms with E-state index < -0.39 is 0 Å². The van der Waals surface area contributed by atoms with Crippen LogP contribution in [0.2, 0.25) is 0 Å². The number of unbranched alkanes of at least 4 members (excludes halogenated alkanes) is 1. The van der Waals surface area contributed by atoms with Gasteiger partial charge in [-0.3, -0.25) is 0 Å². The molecule has 1 saturated carbocycles. The summed E-state index contributed by atoms with van der Waals surface area (Å²) in [5.41, 5.74) is 5.33. The molecule has 2 aliphatic rings. The first-order chi connectivity index (χ1) is 15.3. The lowest BCUT2D eigenvalue weighted by molar-refractivity contribution is -0.137. The van der Waals surface area contributed by atoms with Gasteiger partial charge in [-0.25, -0.2) is 0 Å². The van der Waals surface area contributed by atoms with Crippen molar-refractivity contribution < 1.29 is 9.47 Å². The van der Waals surface area contributed by atoms with Crippen molar-refractivity contribution >= 4 is 0 Å². The maximum Gasteiger partial charge on any atom is 0.106 e. The molecule has 168 valence electrons. The van der Waals surface area contributed by atoms with Gasteiger partial charge in [-0.1, -0.05) is 88.1 Å². The maximum atomic E-state index is 6.06. The molecule has 0 bridgehead atoms. The predicted molar refractivity (Wildman–Crippen MR) is 129 cm³/mol. The Balaban J connectivity index is 1.31. The van der Waals surface area contributed by atoms with Gasteiger partial charge in [0.1, 0.15) is 6.10 Å². The average molecular weight is 421 g/mol. The average Bonchev–Trinajstić information content (AvgIpc) is 2.84. The summed E-state index contributed by atoms with van der Waals surface area (Å²) in [4.78, 5) is 0. The number of rotatable bonds is 8. The standard InChI is InChI=1S/C29H40O2/c1-3-5-7-22-8-10-23(11-9-22)24-12-14-25(15-13-24)26-16-18-27(19-17-26)29-21-30-28(6-4-2)20-31-29/h12-19,22-23,28-29H,3-11,20-21H2,1-2H3/t22?,23?,28-,29-/m1/s1. The van der Waals surface area contributed by atoms with E-state index in [2.05, 4.69) is 62.4 Å². The fourth-order valence-corrected chi connectivity index (χ4v) is 5.34. The Kier molecular flexibility index (Phi) is 8.21. The van der Waals surface area contributed by atoms with Crippen LogP contribution in [0.3, 0.4) is 0 Å². The first kappa shape index (κ1) is 22.6. The van der Waals surface area contributed by atoms with Gasteiger partial charge >= 0.3 is 0 Å². The van der Waals surface area contributed by atoms with E-state index in [0.717, 1.165) is 24.7 Å². The SMILES string of the molecule is CCCCC1CCC(c2ccc(-c3ccc([C@H]4CO[C@H](CCC)CO4)cc3)cc2)CC1. The zero-order chi connectivity index (χ0) is 21.5. The molecule has 1 aliphatic carbocycles. The highest BCUT2D eigenvalue weighted by atomic mass is 16.6. The van der Waals surface area contributed by atoms with Crippen LogP contribution in [0.5, 0.6) is 0 Å². The number of hydrogen-bond donors (Lipinski definition) is 0. The Hall–Kier alpha value is -1.64. The maximum absolute atomic E-state index is 6.06. The van der Waals surface area contributed by atoms with E-state index in [0.29, 0.717) is 13.2 Å². The van der Waals surface area contributed by atoms with E-state index in [4.69, 9.17) is 9.47 Å². The first-order valence-corrected chi connectivity index (χ1v) is 12.7. The van der Waals surface area contributed by atoms with Gasteiger partial charge in [-0.05, 0) is 66.2 Å². The minimum atomic E-state index is 0.0667. The van der Waals surface area contributed by atoms with Crippen LogP contribution in [0.25, 0.3) is 11.1 Å². The Morgan fingerprint density at radius 1 is 0.677 bits per heavy atom. The normalized spacial score (nSPS) is 26.6. The molecule has 0 spiro atoms. The summed E-state index contributed by atoms with van der Waals surface area (Å²) >= 11 is 0. The van der Waals surface area contributed by atoms with Crippen LogP contribution in [0.4, 0.5) is 0 Å². The second-order valence-corrected chi connectivity index (χ2v) is 9.67. The van der Waals surface area contributed by atoms with E-state index in [1.807, 2.05) is 0 Å². The topological polar surface area (TPSA) is 18.5 Å². The van der Waals surface area contributed by atoms with E-state index in [1.54, 1.807) is 0 Å². The van der Waals surface area contributed by atoms with Crippen LogP contribution in [0.15, 0.2) is 48.5 Å². The van der Waals surface area contributed by atoms with Gasteiger partial charge < -0.3 is 9.47 Å². The summed E-state index contributed by atoms with van der Waals surface area (Å²) in [5, 5.41) is 0. The zero-order valence-electron chi connectivity index (χ0n) is 19.5. The Morgan fingerprint density at radius 2 is 1.32 bits per heavy atom. The molecule has 4 rings (SSSR count). The summed E-state index contributed by atoms with van der Waals surface area (Å²) in [5.74, 6) is 1.74. The van der Waals surface area contributed by atoms with Gasteiger partial charge in [-0.15, -0.1) is 0 Å². The molecule has 2 atom stereocenters. The molecule has 2 heteroatoms. The van der Waals surface area contributed by atoms with Crippen molar-refractivity contribution in [1.82, 2.24) is 0 Å².